The number of aryl methyl sites for hydroxylation is 1. The van der Waals surface area contributed by atoms with Crippen molar-refractivity contribution in [1.82, 2.24) is 0 Å². The van der Waals surface area contributed by atoms with E-state index >= 15 is 0 Å². The first kappa shape index (κ1) is 13.6. The molecule has 3 rings (SSSR count). The van der Waals surface area contributed by atoms with Gasteiger partial charge in [0.25, 0.3) is 0 Å². The Balaban J connectivity index is 1.94. The summed E-state index contributed by atoms with van der Waals surface area (Å²) < 4.78 is 6.40. The number of rotatable bonds is 3. The molecule has 0 aromatic heterocycles. The molecule has 2 aromatic rings. The van der Waals surface area contributed by atoms with Gasteiger partial charge in [0.1, 0.15) is 11.9 Å². The molecule has 0 bridgehead atoms. The van der Waals surface area contributed by atoms with E-state index in [9.17, 15) is 0 Å². The Hall–Kier alpha value is -1.41. The lowest BCUT2D eigenvalue weighted by Gasteiger charge is -2.32. The Labute approximate surface area is 125 Å². The van der Waals surface area contributed by atoms with E-state index in [1.165, 1.54) is 28.9 Å². The largest absolute Gasteiger partial charge is 0.484 e. The maximum Gasteiger partial charge on any atom is 0.133 e. The molecule has 0 radical (unpaired) electrons. The normalized spacial score (nSPS) is 21.3. The van der Waals surface area contributed by atoms with Gasteiger partial charge in [-0.3, -0.25) is 0 Å². The highest BCUT2D eigenvalue weighted by Crippen LogP contribution is 2.39. The standard InChI is InChI=1S/C18H20OS/c1-13-11-12-14-7-3-4-8-15(14)18(13)19-16-9-5-6-10-17(16)20-2/h3-10,13,18H,11-12H2,1-2H3/t13?,18-/m1/s1. The lowest BCUT2D eigenvalue weighted by molar-refractivity contribution is 0.126. The molecular formula is C18H20OS. The predicted molar refractivity (Wildman–Crippen MR) is 85.5 cm³/mol. The average Bonchev–Trinajstić information content (AvgIpc) is 2.50. The third-order valence-electron chi connectivity index (χ3n) is 4.07. The van der Waals surface area contributed by atoms with Gasteiger partial charge >= 0.3 is 0 Å². The smallest absolute Gasteiger partial charge is 0.133 e. The first-order valence-corrected chi connectivity index (χ1v) is 8.39. The molecule has 0 saturated heterocycles. The van der Waals surface area contributed by atoms with Crippen LogP contribution in [0.5, 0.6) is 5.75 Å². The molecule has 0 spiro atoms. The van der Waals surface area contributed by atoms with Crippen molar-refractivity contribution >= 4 is 11.8 Å². The molecule has 104 valence electrons. The molecule has 0 saturated carbocycles. The van der Waals surface area contributed by atoms with E-state index in [1.54, 1.807) is 11.8 Å². The van der Waals surface area contributed by atoms with Crippen LogP contribution < -0.4 is 4.74 Å². The van der Waals surface area contributed by atoms with E-state index in [-0.39, 0.29) is 6.10 Å². The molecule has 0 N–H and O–H groups in total. The van der Waals surface area contributed by atoms with E-state index in [0.717, 1.165) is 5.75 Å². The van der Waals surface area contributed by atoms with Crippen LogP contribution in [0.2, 0.25) is 0 Å². The van der Waals surface area contributed by atoms with E-state index < -0.39 is 0 Å². The van der Waals surface area contributed by atoms with Gasteiger partial charge in [0, 0.05) is 4.90 Å². The first-order valence-electron chi connectivity index (χ1n) is 7.17. The second-order valence-corrected chi connectivity index (χ2v) is 6.25. The minimum Gasteiger partial charge on any atom is -0.484 e. The highest BCUT2D eigenvalue weighted by atomic mass is 32.2. The van der Waals surface area contributed by atoms with E-state index in [2.05, 4.69) is 61.7 Å². The number of thioether (sulfide) groups is 1. The molecule has 0 heterocycles. The molecular weight excluding hydrogens is 264 g/mol. The zero-order valence-corrected chi connectivity index (χ0v) is 12.8. The van der Waals surface area contributed by atoms with Crippen LogP contribution >= 0.6 is 11.8 Å². The summed E-state index contributed by atoms with van der Waals surface area (Å²) in [5.41, 5.74) is 2.80. The maximum atomic E-state index is 6.40. The van der Waals surface area contributed by atoms with Crippen molar-refractivity contribution in [3.63, 3.8) is 0 Å². The number of ether oxygens (including phenoxy) is 1. The van der Waals surface area contributed by atoms with Crippen molar-refractivity contribution in [3.05, 3.63) is 59.7 Å². The summed E-state index contributed by atoms with van der Waals surface area (Å²) >= 11 is 1.74. The van der Waals surface area contributed by atoms with Crippen molar-refractivity contribution in [2.24, 2.45) is 5.92 Å². The Morgan fingerprint density at radius 3 is 2.65 bits per heavy atom. The average molecular weight is 284 g/mol. The molecule has 0 amide bonds. The van der Waals surface area contributed by atoms with Crippen LogP contribution in [0.3, 0.4) is 0 Å². The minimum atomic E-state index is 0.174. The monoisotopic (exact) mass is 284 g/mol. The minimum absolute atomic E-state index is 0.174. The van der Waals surface area contributed by atoms with Crippen molar-refractivity contribution in [2.75, 3.05) is 6.26 Å². The molecule has 2 atom stereocenters. The number of fused-ring (bicyclic) bond motifs is 1. The lowest BCUT2D eigenvalue weighted by Crippen LogP contribution is -2.23. The fourth-order valence-corrected chi connectivity index (χ4v) is 3.45. The van der Waals surface area contributed by atoms with Crippen LogP contribution in [0.15, 0.2) is 53.4 Å². The quantitative estimate of drug-likeness (QED) is 0.724. The number of hydrogen-bond acceptors (Lipinski definition) is 2. The van der Waals surface area contributed by atoms with Crippen molar-refractivity contribution < 1.29 is 4.74 Å². The van der Waals surface area contributed by atoms with Gasteiger partial charge < -0.3 is 4.74 Å². The molecule has 2 aromatic carbocycles. The number of hydrogen-bond donors (Lipinski definition) is 0. The van der Waals surface area contributed by atoms with Crippen LogP contribution in [-0.2, 0) is 6.42 Å². The van der Waals surface area contributed by atoms with E-state index in [0.29, 0.717) is 5.92 Å². The van der Waals surface area contributed by atoms with Crippen molar-refractivity contribution in [2.45, 2.75) is 30.8 Å². The Bertz CT molecular complexity index is 593. The van der Waals surface area contributed by atoms with Crippen LogP contribution in [0.1, 0.15) is 30.6 Å². The number of benzene rings is 2. The summed E-state index contributed by atoms with van der Waals surface area (Å²) in [4.78, 5) is 1.21. The highest BCUT2D eigenvalue weighted by molar-refractivity contribution is 7.98. The second kappa shape index (κ2) is 5.92. The summed E-state index contributed by atoms with van der Waals surface area (Å²) in [5.74, 6) is 1.56. The molecule has 0 aliphatic heterocycles. The van der Waals surface area contributed by atoms with Gasteiger partial charge in [0.2, 0.25) is 0 Å². The van der Waals surface area contributed by atoms with Gasteiger partial charge in [-0.15, -0.1) is 11.8 Å². The number of para-hydroxylation sites is 1. The summed E-state index contributed by atoms with van der Waals surface area (Å²) in [5, 5.41) is 0. The third-order valence-corrected chi connectivity index (χ3v) is 4.85. The zero-order valence-electron chi connectivity index (χ0n) is 12.0. The fourth-order valence-electron chi connectivity index (χ4n) is 2.91. The topological polar surface area (TPSA) is 9.23 Å². The second-order valence-electron chi connectivity index (χ2n) is 5.40. The van der Waals surface area contributed by atoms with Gasteiger partial charge in [-0.1, -0.05) is 43.3 Å². The van der Waals surface area contributed by atoms with Crippen LogP contribution in [0.25, 0.3) is 0 Å². The Morgan fingerprint density at radius 1 is 1.05 bits per heavy atom. The van der Waals surface area contributed by atoms with Crippen molar-refractivity contribution in [1.29, 1.82) is 0 Å². The van der Waals surface area contributed by atoms with Gasteiger partial charge in [0.05, 0.1) is 0 Å². The molecule has 1 aliphatic rings. The van der Waals surface area contributed by atoms with Crippen LogP contribution in [-0.4, -0.2) is 6.26 Å². The van der Waals surface area contributed by atoms with E-state index in [4.69, 9.17) is 4.74 Å². The molecule has 1 aliphatic carbocycles. The van der Waals surface area contributed by atoms with Gasteiger partial charge in [-0.05, 0) is 48.3 Å². The zero-order chi connectivity index (χ0) is 13.9. The summed E-state index contributed by atoms with van der Waals surface area (Å²) in [6.45, 7) is 2.29. The Kier molecular flexibility index (Phi) is 4.02. The molecule has 2 heteroatoms. The lowest BCUT2D eigenvalue weighted by atomic mass is 9.82. The van der Waals surface area contributed by atoms with E-state index in [1.807, 2.05) is 0 Å². The molecule has 1 unspecified atom stereocenters. The molecule has 0 fully saturated rings. The SMILES string of the molecule is CSc1ccccc1O[C@H]1c2ccccc2CCC1C. The third kappa shape index (κ3) is 2.57. The molecule has 1 nitrogen and oxygen atoms in total. The van der Waals surface area contributed by atoms with Crippen LogP contribution in [0.4, 0.5) is 0 Å². The van der Waals surface area contributed by atoms with Gasteiger partial charge in [-0.2, -0.15) is 0 Å². The van der Waals surface area contributed by atoms with Crippen molar-refractivity contribution in [3.8, 4) is 5.75 Å². The first-order chi connectivity index (χ1) is 9.79. The van der Waals surface area contributed by atoms with Gasteiger partial charge in [0.15, 0.2) is 0 Å². The summed E-state index contributed by atoms with van der Waals surface area (Å²) in [6, 6.07) is 17.0. The van der Waals surface area contributed by atoms with Crippen LogP contribution in [0, 0.1) is 5.92 Å². The fraction of sp³-hybridized carbons (Fsp3) is 0.333. The van der Waals surface area contributed by atoms with Gasteiger partial charge in [-0.25, -0.2) is 0 Å². The summed E-state index contributed by atoms with van der Waals surface area (Å²) in [6.07, 6.45) is 4.64. The maximum absolute atomic E-state index is 6.40. The Morgan fingerprint density at radius 2 is 1.80 bits per heavy atom. The predicted octanol–water partition coefficient (Wildman–Crippen LogP) is 5.11. The molecule has 20 heavy (non-hydrogen) atoms. The highest BCUT2D eigenvalue weighted by Gasteiger charge is 2.28. The summed E-state index contributed by atoms with van der Waals surface area (Å²) in [7, 11) is 0.